The van der Waals surface area contributed by atoms with E-state index in [1.165, 1.54) is 0 Å². The average molecular weight is 269 g/mol. The topological polar surface area (TPSA) is 62.3 Å². The van der Waals surface area contributed by atoms with E-state index >= 15 is 0 Å². The highest BCUT2D eigenvalue weighted by Crippen LogP contribution is 2.32. The van der Waals surface area contributed by atoms with E-state index in [4.69, 9.17) is 15.2 Å². The molecule has 0 bridgehead atoms. The molecule has 0 atom stereocenters. The van der Waals surface area contributed by atoms with E-state index in [-0.39, 0.29) is 0 Å². The van der Waals surface area contributed by atoms with Crippen LogP contribution in [0.25, 0.3) is 16.7 Å². The summed E-state index contributed by atoms with van der Waals surface area (Å²) in [6.07, 6.45) is 0. The van der Waals surface area contributed by atoms with Crippen molar-refractivity contribution in [3.05, 3.63) is 42.5 Å². The molecule has 0 aliphatic carbocycles. The van der Waals surface area contributed by atoms with E-state index in [1.54, 1.807) is 14.2 Å². The maximum absolute atomic E-state index is 6.06. The summed E-state index contributed by atoms with van der Waals surface area (Å²) < 4.78 is 12.5. The second kappa shape index (κ2) is 4.77. The van der Waals surface area contributed by atoms with Gasteiger partial charge in [-0.2, -0.15) is 0 Å². The highest BCUT2D eigenvalue weighted by molar-refractivity contribution is 5.81. The van der Waals surface area contributed by atoms with Gasteiger partial charge in [-0.3, -0.25) is 4.57 Å². The number of aromatic nitrogens is 2. The van der Waals surface area contributed by atoms with Crippen LogP contribution in [0.1, 0.15) is 0 Å². The van der Waals surface area contributed by atoms with Crippen LogP contribution in [0.2, 0.25) is 0 Å². The molecule has 3 rings (SSSR count). The van der Waals surface area contributed by atoms with Crippen LogP contribution in [-0.4, -0.2) is 23.8 Å². The molecule has 0 radical (unpaired) electrons. The fourth-order valence-corrected chi connectivity index (χ4v) is 2.27. The van der Waals surface area contributed by atoms with Crippen molar-refractivity contribution in [2.24, 2.45) is 0 Å². The van der Waals surface area contributed by atoms with Crippen LogP contribution in [-0.2, 0) is 0 Å². The Balaban J connectivity index is 2.32. The van der Waals surface area contributed by atoms with Crippen molar-refractivity contribution < 1.29 is 9.47 Å². The third kappa shape index (κ3) is 1.84. The van der Waals surface area contributed by atoms with Crippen molar-refractivity contribution in [1.82, 2.24) is 9.55 Å². The lowest BCUT2D eigenvalue weighted by molar-refractivity contribution is 0.402. The van der Waals surface area contributed by atoms with Gasteiger partial charge in [0.25, 0.3) is 0 Å². The van der Waals surface area contributed by atoms with Gasteiger partial charge in [0.2, 0.25) is 5.95 Å². The van der Waals surface area contributed by atoms with Crippen molar-refractivity contribution >= 4 is 17.0 Å². The molecule has 0 fully saturated rings. The van der Waals surface area contributed by atoms with Gasteiger partial charge in [-0.05, 0) is 24.3 Å². The number of fused-ring (bicyclic) bond motifs is 1. The summed E-state index contributed by atoms with van der Waals surface area (Å²) in [5, 5.41) is 0. The summed E-state index contributed by atoms with van der Waals surface area (Å²) in [7, 11) is 3.25. The zero-order chi connectivity index (χ0) is 14.1. The molecular formula is C15H15N3O2. The fourth-order valence-electron chi connectivity index (χ4n) is 2.27. The molecule has 20 heavy (non-hydrogen) atoms. The zero-order valence-electron chi connectivity index (χ0n) is 11.3. The lowest BCUT2D eigenvalue weighted by atomic mass is 10.2. The quantitative estimate of drug-likeness (QED) is 0.794. The number of benzene rings is 2. The van der Waals surface area contributed by atoms with Gasteiger partial charge in [0.1, 0.15) is 11.5 Å². The predicted octanol–water partition coefficient (Wildman–Crippen LogP) is 2.62. The Morgan fingerprint density at radius 1 is 1.05 bits per heavy atom. The number of nitrogens with two attached hydrogens (primary N) is 1. The van der Waals surface area contributed by atoms with E-state index in [1.807, 2.05) is 47.0 Å². The summed E-state index contributed by atoms with van der Waals surface area (Å²) in [5.41, 5.74) is 8.63. The molecule has 2 aromatic carbocycles. The molecular weight excluding hydrogens is 254 g/mol. The van der Waals surface area contributed by atoms with Crippen molar-refractivity contribution in [2.75, 3.05) is 20.0 Å². The van der Waals surface area contributed by atoms with Gasteiger partial charge in [-0.1, -0.05) is 12.1 Å². The molecule has 3 aromatic rings. The van der Waals surface area contributed by atoms with Gasteiger partial charge >= 0.3 is 0 Å². The third-order valence-electron chi connectivity index (χ3n) is 3.21. The van der Waals surface area contributed by atoms with Crippen LogP contribution in [0, 0.1) is 0 Å². The number of hydrogen-bond donors (Lipinski definition) is 1. The number of hydrogen-bond acceptors (Lipinski definition) is 4. The Bertz CT molecular complexity index is 765. The zero-order valence-corrected chi connectivity index (χ0v) is 11.3. The average Bonchev–Trinajstić information content (AvgIpc) is 2.82. The molecule has 0 spiro atoms. The van der Waals surface area contributed by atoms with Gasteiger partial charge < -0.3 is 15.2 Å². The molecule has 5 nitrogen and oxygen atoms in total. The number of nitrogens with zero attached hydrogens (tertiary/aromatic N) is 2. The van der Waals surface area contributed by atoms with E-state index in [0.29, 0.717) is 11.7 Å². The van der Waals surface area contributed by atoms with Crippen molar-refractivity contribution in [1.29, 1.82) is 0 Å². The first-order valence-corrected chi connectivity index (χ1v) is 6.20. The first-order valence-electron chi connectivity index (χ1n) is 6.20. The van der Waals surface area contributed by atoms with Crippen LogP contribution in [0.3, 0.4) is 0 Å². The Labute approximate surface area is 116 Å². The second-order valence-corrected chi connectivity index (χ2v) is 4.33. The highest BCUT2D eigenvalue weighted by atomic mass is 16.5. The predicted molar refractivity (Wildman–Crippen MR) is 78.6 cm³/mol. The Morgan fingerprint density at radius 2 is 1.85 bits per heavy atom. The van der Waals surface area contributed by atoms with Crippen molar-refractivity contribution in [2.45, 2.75) is 0 Å². The number of ether oxygens (including phenoxy) is 2. The minimum absolute atomic E-state index is 0.415. The summed E-state index contributed by atoms with van der Waals surface area (Å²) in [6.45, 7) is 0. The fraction of sp³-hybridized carbons (Fsp3) is 0.133. The first-order chi connectivity index (χ1) is 9.74. The maximum atomic E-state index is 6.06. The monoisotopic (exact) mass is 269 g/mol. The molecule has 5 heteroatoms. The molecule has 0 aliphatic heterocycles. The smallest absolute Gasteiger partial charge is 0.206 e. The van der Waals surface area contributed by atoms with E-state index in [9.17, 15) is 0 Å². The summed E-state index contributed by atoms with van der Waals surface area (Å²) in [6, 6.07) is 13.4. The number of rotatable bonds is 3. The molecule has 0 amide bonds. The molecule has 0 saturated carbocycles. The molecule has 102 valence electrons. The molecule has 1 heterocycles. The second-order valence-electron chi connectivity index (χ2n) is 4.33. The van der Waals surface area contributed by atoms with E-state index < -0.39 is 0 Å². The minimum Gasteiger partial charge on any atom is -0.497 e. The van der Waals surface area contributed by atoms with Crippen LogP contribution in [0.5, 0.6) is 11.5 Å². The normalized spacial score (nSPS) is 10.7. The molecule has 0 unspecified atom stereocenters. The minimum atomic E-state index is 0.415. The lowest BCUT2D eigenvalue weighted by Gasteiger charge is -2.13. The van der Waals surface area contributed by atoms with Gasteiger partial charge in [-0.15, -0.1) is 0 Å². The lowest BCUT2D eigenvalue weighted by Crippen LogP contribution is -2.03. The SMILES string of the molecule is COc1ccc(OC)c(-n2c(N)nc3ccccc32)c1. The summed E-state index contributed by atoms with van der Waals surface area (Å²) in [5.74, 6) is 1.86. The summed E-state index contributed by atoms with van der Waals surface area (Å²) >= 11 is 0. The molecule has 2 N–H and O–H groups in total. The standard InChI is InChI=1S/C15H15N3O2/c1-19-10-7-8-14(20-2)13(9-10)18-12-6-4-3-5-11(12)17-15(18)16/h3-9H,1-2H3,(H2,16,17). The summed E-state index contributed by atoms with van der Waals surface area (Å²) in [4.78, 5) is 4.36. The number of nitrogen functional groups attached to an aromatic ring is 1. The van der Waals surface area contributed by atoms with Crippen LogP contribution < -0.4 is 15.2 Å². The van der Waals surface area contributed by atoms with Gasteiger partial charge in [0.05, 0.1) is 30.9 Å². The van der Waals surface area contributed by atoms with Gasteiger partial charge in [0.15, 0.2) is 0 Å². The Hall–Kier alpha value is -2.69. The third-order valence-corrected chi connectivity index (χ3v) is 3.21. The van der Waals surface area contributed by atoms with Crippen LogP contribution in [0.4, 0.5) is 5.95 Å². The van der Waals surface area contributed by atoms with Crippen LogP contribution >= 0.6 is 0 Å². The first kappa shape index (κ1) is 12.3. The Morgan fingerprint density at radius 3 is 2.60 bits per heavy atom. The largest absolute Gasteiger partial charge is 0.497 e. The van der Waals surface area contributed by atoms with E-state index in [0.717, 1.165) is 22.5 Å². The molecule has 1 aromatic heterocycles. The van der Waals surface area contributed by atoms with Crippen LogP contribution in [0.15, 0.2) is 42.5 Å². The number of methoxy groups -OCH3 is 2. The van der Waals surface area contributed by atoms with Crippen molar-refractivity contribution in [3.8, 4) is 17.2 Å². The van der Waals surface area contributed by atoms with Crippen molar-refractivity contribution in [3.63, 3.8) is 0 Å². The number of para-hydroxylation sites is 2. The van der Waals surface area contributed by atoms with Gasteiger partial charge in [0, 0.05) is 6.07 Å². The maximum Gasteiger partial charge on any atom is 0.206 e. The highest BCUT2D eigenvalue weighted by Gasteiger charge is 2.14. The molecule has 0 aliphatic rings. The number of imidazole rings is 1. The van der Waals surface area contributed by atoms with Gasteiger partial charge in [-0.25, -0.2) is 4.98 Å². The number of anilines is 1. The molecule has 0 saturated heterocycles. The van der Waals surface area contributed by atoms with E-state index in [2.05, 4.69) is 4.98 Å². The Kier molecular flexibility index (Phi) is 2.95.